The number of ether oxygens (including phenoxy) is 2. The van der Waals surface area contributed by atoms with Crippen molar-refractivity contribution in [2.75, 3.05) is 13.7 Å². The number of unbranched alkanes of at least 4 members (excludes halogenated alkanes) is 2. The number of benzene rings is 1. The summed E-state index contributed by atoms with van der Waals surface area (Å²) in [6.07, 6.45) is 3.12. The molecule has 0 spiro atoms. The van der Waals surface area contributed by atoms with Gasteiger partial charge >= 0.3 is 5.97 Å². The summed E-state index contributed by atoms with van der Waals surface area (Å²) < 4.78 is 12.6. The number of methoxy groups -OCH3 is 1. The van der Waals surface area contributed by atoms with Crippen LogP contribution in [0.2, 0.25) is 0 Å². The fourth-order valence-corrected chi connectivity index (χ4v) is 2.66. The molecule has 0 radical (unpaired) electrons. The summed E-state index contributed by atoms with van der Waals surface area (Å²) >= 11 is 0. The topological polar surface area (TPSA) is 77.8 Å². The SMILES string of the molecule is CCCCCOc1cc2cc(C(=O)O)c(=O)n(CC)c2cc1OC. The van der Waals surface area contributed by atoms with E-state index in [4.69, 9.17) is 9.47 Å². The van der Waals surface area contributed by atoms with Gasteiger partial charge in [-0.1, -0.05) is 19.8 Å². The van der Waals surface area contributed by atoms with Gasteiger partial charge in [0.05, 0.1) is 19.2 Å². The number of hydrogen-bond acceptors (Lipinski definition) is 4. The van der Waals surface area contributed by atoms with Crippen molar-refractivity contribution in [2.45, 2.75) is 39.7 Å². The summed E-state index contributed by atoms with van der Waals surface area (Å²) in [7, 11) is 1.54. The molecule has 0 atom stereocenters. The third-order valence-corrected chi connectivity index (χ3v) is 3.93. The molecule has 1 aromatic heterocycles. The second kappa shape index (κ2) is 7.86. The highest BCUT2D eigenvalue weighted by Gasteiger charge is 2.16. The fraction of sp³-hybridized carbons (Fsp3) is 0.444. The number of hydrogen-bond donors (Lipinski definition) is 1. The number of aryl methyl sites for hydroxylation is 1. The van der Waals surface area contributed by atoms with Gasteiger partial charge < -0.3 is 19.1 Å². The number of carboxylic acids is 1. The molecule has 0 aliphatic heterocycles. The van der Waals surface area contributed by atoms with Crippen LogP contribution in [-0.2, 0) is 6.54 Å². The molecule has 0 amide bonds. The second-order valence-corrected chi connectivity index (χ2v) is 5.53. The molecule has 2 aromatic rings. The van der Waals surface area contributed by atoms with Crippen molar-refractivity contribution < 1.29 is 19.4 Å². The number of fused-ring (bicyclic) bond motifs is 1. The van der Waals surface area contributed by atoms with E-state index in [-0.39, 0.29) is 5.56 Å². The molecule has 24 heavy (non-hydrogen) atoms. The van der Waals surface area contributed by atoms with E-state index in [1.54, 1.807) is 26.2 Å². The van der Waals surface area contributed by atoms with Gasteiger partial charge in [-0.25, -0.2) is 4.79 Å². The number of carboxylic acid groups (broad SMARTS) is 1. The first-order valence-corrected chi connectivity index (χ1v) is 8.15. The maximum Gasteiger partial charge on any atom is 0.341 e. The van der Waals surface area contributed by atoms with Gasteiger partial charge in [-0.05, 0) is 25.5 Å². The molecule has 6 heteroatoms. The lowest BCUT2D eigenvalue weighted by Gasteiger charge is -2.15. The maximum absolute atomic E-state index is 12.3. The first-order chi connectivity index (χ1) is 11.5. The van der Waals surface area contributed by atoms with Gasteiger partial charge in [-0.15, -0.1) is 0 Å². The van der Waals surface area contributed by atoms with E-state index in [0.29, 0.717) is 35.6 Å². The number of carbonyl (C=O) groups is 1. The lowest BCUT2D eigenvalue weighted by atomic mass is 10.1. The van der Waals surface area contributed by atoms with Crippen LogP contribution in [0.4, 0.5) is 0 Å². The van der Waals surface area contributed by atoms with Crippen molar-refractivity contribution in [3.8, 4) is 11.5 Å². The van der Waals surface area contributed by atoms with Crippen molar-refractivity contribution in [1.29, 1.82) is 0 Å². The number of rotatable bonds is 8. The Kier molecular flexibility index (Phi) is 5.84. The Labute approximate surface area is 140 Å². The van der Waals surface area contributed by atoms with Crippen molar-refractivity contribution in [2.24, 2.45) is 0 Å². The minimum atomic E-state index is -1.23. The summed E-state index contributed by atoms with van der Waals surface area (Å²) in [5, 5.41) is 9.89. The number of aromatic carboxylic acids is 1. The summed E-state index contributed by atoms with van der Waals surface area (Å²) in [5.41, 5.74) is -0.132. The third-order valence-electron chi connectivity index (χ3n) is 3.93. The van der Waals surface area contributed by atoms with Gasteiger partial charge in [0.15, 0.2) is 11.5 Å². The average Bonchev–Trinajstić information content (AvgIpc) is 2.57. The molecule has 130 valence electrons. The number of aromatic nitrogens is 1. The Morgan fingerprint density at radius 3 is 2.50 bits per heavy atom. The van der Waals surface area contributed by atoms with Crippen LogP contribution in [0, 0.1) is 0 Å². The molecule has 0 saturated carbocycles. The highest BCUT2D eigenvalue weighted by atomic mass is 16.5. The third kappa shape index (κ3) is 3.53. The first kappa shape index (κ1) is 17.8. The lowest BCUT2D eigenvalue weighted by molar-refractivity contribution is 0.0694. The first-order valence-electron chi connectivity index (χ1n) is 8.15. The Bertz CT molecular complexity index is 794. The summed E-state index contributed by atoms with van der Waals surface area (Å²) in [4.78, 5) is 23.6. The molecule has 0 fully saturated rings. The van der Waals surface area contributed by atoms with Gasteiger partial charge in [-0.3, -0.25) is 4.79 Å². The maximum atomic E-state index is 12.3. The molecule has 0 saturated heterocycles. The largest absolute Gasteiger partial charge is 0.493 e. The predicted molar refractivity (Wildman–Crippen MR) is 92.4 cm³/mol. The van der Waals surface area contributed by atoms with E-state index in [1.165, 1.54) is 10.6 Å². The smallest absolute Gasteiger partial charge is 0.341 e. The molecule has 1 N–H and O–H groups in total. The molecular formula is C18H23NO5. The molecule has 0 aliphatic carbocycles. The van der Waals surface area contributed by atoms with Gasteiger partial charge in [0.1, 0.15) is 5.56 Å². The number of nitrogens with zero attached hydrogens (tertiary/aromatic N) is 1. The zero-order valence-corrected chi connectivity index (χ0v) is 14.3. The van der Waals surface area contributed by atoms with E-state index in [1.807, 2.05) is 0 Å². The summed E-state index contributed by atoms with van der Waals surface area (Å²) in [6, 6.07) is 4.85. The van der Waals surface area contributed by atoms with E-state index in [2.05, 4.69) is 6.92 Å². The standard InChI is InChI=1S/C18H23NO5/c1-4-6-7-8-24-16-10-12-9-13(18(21)22)17(20)19(5-2)14(12)11-15(16)23-3/h9-11H,4-8H2,1-3H3,(H,21,22). The average molecular weight is 333 g/mol. The van der Waals surface area contributed by atoms with Crippen LogP contribution in [-0.4, -0.2) is 29.4 Å². The second-order valence-electron chi connectivity index (χ2n) is 5.53. The van der Waals surface area contributed by atoms with E-state index >= 15 is 0 Å². The Balaban J connectivity index is 2.56. The lowest BCUT2D eigenvalue weighted by Crippen LogP contribution is -2.26. The van der Waals surface area contributed by atoms with Crippen molar-refractivity contribution in [3.63, 3.8) is 0 Å². The highest BCUT2D eigenvalue weighted by molar-refractivity contribution is 5.93. The van der Waals surface area contributed by atoms with Gasteiger partial charge in [-0.2, -0.15) is 0 Å². The zero-order valence-electron chi connectivity index (χ0n) is 14.3. The van der Waals surface area contributed by atoms with E-state index in [9.17, 15) is 14.7 Å². The predicted octanol–water partition coefficient (Wildman–Crippen LogP) is 3.30. The van der Waals surface area contributed by atoms with E-state index < -0.39 is 11.5 Å². The molecule has 1 heterocycles. The normalized spacial score (nSPS) is 10.8. The van der Waals surface area contributed by atoms with Crippen LogP contribution < -0.4 is 15.0 Å². The van der Waals surface area contributed by atoms with Crippen molar-refractivity contribution >= 4 is 16.9 Å². The molecular weight excluding hydrogens is 310 g/mol. The van der Waals surface area contributed by atoms with Crippen LogP contribution in [0.3, 0.4) is 0 Å². The number of pyridine rings is 1. The van der Waals surface area contributed by atoms with Gasteiger partial charge in [0.2, 0.25) is 0 Å². The zero-order chi connectivity index (χ0) is 17.7. The Morgan fingerprint density at radius 1 is 1.17 bits per heavy atom. The monoisotopic (exact) mass is 333 g/mol. The van der Waals surface area contributed by atoms with Gasteiger partial charge in [0, 0.05) is 18.0 Å². The summed E-state index contributed by atoms with van der Waals surface area (Å²) in [6.45, 7) is 4.85. The molecule has 1 aromatic carbocycles. The van der Waals surface area contributed by atoms with E-state index in [0.717, 1.165) is 19.3 Å². The molecule has 6 nitrogen and oxygen atoms in total. The molecule has 0 unspecified atom stereocenters. The Hall–Kier alpha value is -2.50. The van der Waals surface area contributed by atoms with Crippen LogP contribution in [0.1, 0.15) is 43.5 Å². The minimum absolute atomic E-state index is 0.244. The molecule has 0 bridgehead atoms. The highest BCUT2D eigenvalue weighted by Crippen LogP contribution is 2.32. The molecule has 2 rings (SSSR count). The fourth-order valence-electron chi connectivity index (χ4n) is 2.66. The quantitative estimate of drug-likeness (QED) is 0.750. The summed E-state index contributed by atoms with van der Waals surface area (Å²) in [5.74, 6) is -0.146. The van der Waals surface area contributed by atoms with Crippen molar-refractivity contribution in [3.05, 3.63) is 34.1 Å². The minimum Gasteiger partial charge on any atom is -0.493 e. The van der Waals surface area contributed by atoms with Crippen LogP contribution in [0.5, 0.6) is 11.5 Å². The Morgan fingerprint density at radius 2 is 1.92 bits per heavy atom. The van der Waals surface area contributed by atoms with Crippen molar-refractivity contribution in [1.82, 2.24) is 4.57 Å². The van der Waals surface area contributed by atoms with Crippen LogP contribution >= 0.6 is 0 Å². The van der Waals surface area contributed by atoms with Gasteiger partial charge in [0.25, 0.3) is 5.56 Å². The van der Waals surface area contributed by atoms with Crippen LogP contribution in [0.25, 0.3) is 10.9 Å². The molecule has 0 aliphatic rings. The van der Waals surface area contributed by atoms with Crippen LogP contribution in [0.15, 0.2) is 23.0 Å².